The Morgan fingerprint density at radius 2 is 2.31 bits per heavy atom. The highest BCUT2D eigenvalue weighted by Crippen LogP contribution is 2.18. The molecule has 0 unspecified atom stereocenters. The lowest BCUT2D eigenvalue weighted by atomic mass is 10.3. The zero-order chi connectivity index (χ0) is 11.5. The summed E-state index contributed by atoms with van der Waals surface area (Å²) in [7, 11) is 1.84. The molecule has 0 aliphatic heterocycles. The normalized spacial score (nSPS) is 10.7. The summed E-state index contributed by atoms with van der Waals surface area (Å²) in [5.74, 6) is -0.292. The first kappa shape index (κ1) is 11.2. The number of aromatic nitrogens is 3. The lowest BCUT2D eigenvalue weighted by Gasteiger charge is -2.01. The fourth-order valence-electron chi connectivity index (χ4n) is 1.31. The molecular formula is C10H10BrFN4. The Bertz CT molecular complexity index is 497. The highest BCUT2D eigenvalue weighted by molar-refractivity contribution is 9.10. The van der Waals surface area contributed by atoms with Crippen molar-refractivity contribution < 1.29 is 4.39 Å². The number of rotatable bonds is 3. The molecule has 0 fully saturated rings. The van der Waals surface area contributed by atoms with Gasteiger partial charge in [0.05, 0.1) is 22.1 Å². The molecule has 4 nitrogen and oxygen atoms in total. The molecule has 1 aromatic heterocycles. The van der Waals surface area contributed by atoms with E-state index in [-0.39, 0.29) is 5.82 Å². The van der Waals surface area contributed by atoms with E-state index in [4.69, 9.17) is 0 Å². The van der Waals surface area contributed by atoms with Crippen molar-refractivity contribution in [2.75, 3.05) is 7.05 Å². The average molecular weight is 285 g/mol. The summed E-state index contributed by atoms with van der Waals surface area (Å²) in [6, 6.07) is 4.70. The smallest absolute Gasteiger partial charge is 0.137 e. The molecular weight excluding hydrogens is 275 g/mol. The van der Waals surface area contributed by atoms with Crippen LogP contribution in [-0.4, -0.2) is 22.0 Å². The molecule has 1 aromatic carbocycles. The predicted molar refractivity (Wildman–Crippen MR) is 61.8 cm³/mol. The molecule has 2 rings (SSSR count). The van der Waals surface area contributed by atoms with Crippen LogP contribution in [0.4, 0.5) is 4.39 Å². The summed E-state index contributed by atoms with van der Waals surface area (Å²) >= 11 is 3.13. The zero-order valence-electron chi connectivity index (χ0n) is 8.61. The second-order valence-corrected chi connectivity index (χ2v) is 4.14. The van der Waals surface area contributed by atoms with Crippen molar-refractivity contribution in [3.05, 3.63) is 40.4 Å². The van der Waals surface area contributed by atoms with E-state index in [0.717, 1.165) is 11.4 Å². The van der Waals surface area contributed by atoms with Crippen LogP contribution in [0.3, 0.4) is 0 Å². The van der Waals surface area contributed by atoms with Crippen LogP contribution in [-0.2, 0) is 6.54 Å². The summed E-state index contributed by atoms with van der Waals surface area (Å²) in [6.45, 7) is 0.655. The van der Waals surface area contributed by atoms with Gasteiger partial charge in [0.25, 0.3) is 0 Å². The SMILES string of the molecule is CNCc1cn(-c2ccc(F)c(Br)c2)nn1. The van der Waals surface area contributed by atoms with Gasteiger partial charge in [0.2, 0.25) is 0 Å². The molecule has 0 atom stereocenters. The van der Waals surface area contributed by atoms with Crippen LogP contribution in [0.15, 0.2) is 28.9 Å². The first-order valence-corrected chi connectivity index (χ1v) is 5.51. The molecule has 1 N–H and O–H groups in total. The second kappa shape index (κ2) is 4.71. The lowest BCUT2D eigenvalue weighted by Crippen LogP contribution is -2.04. The van der Waals surface area contributed by atoms with Gasteiger partial charge < -0.3 is 5.32 Å². The predicted octanol–water partition coefficient (Wildman–Crippen LogP) is 1.89. The minimum Gasteiger partial charge on any atom is -0.314 e. The van der Waals surface area contributed by atoms with Crippen molar-refractivity contribution in [3.8, 4) is 5.69 Å². The highest BCUT2D eigenvalue weighted by Gasteiger charge is 2.04. The van der Waals surface area contributed by atoms with E-state index in [0.29, 0.717) is 11.0 Å². The molecule has 0 radical (unpaired) electrons. The molecule has 0 bridgehead atoms. The maximum absolute atomic E-state index is 13.0. The van der Waals surface area contributed by atoms with Crippen molar-refractivity contribution in [1.82, 2.24) is 20.3 Å². The van der Waals surface area contributed by atoms with Gasteiger partial charge in [-0.05, 0) is 41.2 Å². The average Bonchev–Trinajstić information content (AvgIpc) is 2.71. The number of nitrogens with zero attached hydrogens (tertiary/aromatic N) is 3. The van der Waals surface area contributed by atoms with Gasteiger partial charge in [-0.2, -0.15) is 0 Å². The van der Waals surface area contributed by atoms with Crippen molar-refractivity contribution in [2.24, 2.45) is 0 Å². The van der Waals surface area contributed by atoms with E-state index in [2.05, 4.69) is 31.6 Å². The van der Waals surface area contributed by atoms with Gasteiger partial charge in [0, 0.05) is 6.54 Å². The first-order valence-electron chi connectivity index (χ1n) is 4.72. The van der Waals surface area contributed by atoms with Gasteiger partial charge >= 0.3 is 0 Å². The maximum Gasteiger partial charge on any atom is 0.137 e. The van der Waals surface area contributed by atoms with Gasteiger partial charge in [-0.3, -0.25) is 0 Å². The van der Waals surface area contributed by atoms with E-state index in [1.165, 1.54) is 6.07 Å². The van der Waals surface area contributed by atoms with Crippen LogP contribution in [0.5, 0.6) is 0 Å². The molecule has 84 valence electrons. The number of benzene rings is 1. The van der Waals surface area contributed by atoms with Crippen molar-refractivity contribution in [3.63, 3.8) is 0 Å². The Kier molecular flexibility index (Phi) is 3.31. The monoisotopic (exact) mass is 284 g/mol. The van der Waals surface area contributed by atoms with Crippen LogP contribution in [0.1, 0.15) is 5.69 Å². The third-order valence-corrected chi connectivity index (χ3v) is 2.67. The van der Waals surface area contributed by atoms with Gasteiger partial charge in [-0.15, -0.1) is 5.10 Å². The van der Waals surface area contributed by atoms with Crippen molar-refractivity contribution >= 4 is 15.9 Å². The van der Waals surface area contributed by atoms with Gasteiger partial charge in [-0.1, -0.05) is 5.21 Å². The molecule has 2 aromatic rings. The molecule has 0 amide bonds. The Balaban J connectivity index is 2.31. The maximum atomic E-state index is 13.0. The summed E-state index contributed by atoms with van der Waals surface area (Å²) < 4.78 is 15.1. The minimum atomic E-state index is -0.292. The highest BCUT2D eigenvalue weighted by atomic mass is 79.9. The van der Waals surface area contributed by atoms with Gasteiger partial charge in [0.15, 0.2) is 0 Å². The van der Waals surface area contributed by atoms with E-state index in [9.17, 15) is 4.39 Å². The molecule has 0 aliphatic carbocycles. The first-order chi connectivity index (χ1) is 7.70. The number of nitrogens with one attached hydrogen (secondary N) is 1. The molecule has 6 heteroatoms. The fourth-order valence-corrected chi connectivity index (χ4v) is 1.68. The molecule has 16 heavy (non-hydrogen) atoms. The third kappa shape index (κ3) is 2.28. The van der Waals surface area contributed by atoms with E-state index < -0.39 is 0 Å². The Morgan fingerprint density at radius 1 is 1.50 bits per heavy atom. The summed E-state index contributed by atoms with van der Waals surface area (Å²) in [4.78, 5) is 0. The largest absolute Gasteiger partial charge is 0.314 e. The molecule has 0 saturated carbocycles. The van der Waals surface area contributed by atoms with Crippen LogP contribution in [0, 0.1) is 5.82 Å². The molecule has 0 aliphatic rings. The summed E-state index contributed by atoms with van der Waals surface area (Å²) in [5.41, 5.74) is 1.60. The lowest BCUT2D eigenvalue weighted by molar-refractivity contribution is 0.620. The Morgan fingerprint density at radius 3 is 3.00 bits per heavy atom. The summed E-state index contributed by atoms with van der Waals surface area (Å²) in [6.07, 6.45) is 1.80. The number of hydrogen-bond acceptors (Lipinski definition) is 3. The zero-order valence-corrected chi connectivity index (χ0v) is 10.2. The quantitative estimate of drug-likeness (QED) is 0.936. The fraction of sp³-hybridized carbons (Fsp3) is 0.200. The topological polar surface area (TPSA) is 42.7 Å². The second-order valence-electron chi connectivity index (χ2n) is 3.28. The summed E-state index contributed by atoms with van der Waals surface area (Å²) in [5, 5.41) is 10.9. The number of hydrogen-bond donors (Lipinski definition) is 1. The Labute approximate surface area is 101 Å². The number of halogens is 2. The Hall–Kier alpha value is -1.27. The van der Waals surface area contributed by atoms with E-state index in [1.807, 2.05) is 7.05 Å². The molecule has 1 heterocycles. The van der Waals surface area contributed by atoms with E-state index in [1.54, 1.807) is 23.0 Å². The van der Waals surface area contributed by atoms with Gasteiger partial charge in [-0.25, -0.2) is 9.07 Å². The minimum absolute atomic E-state index is 0.292. The third-order valence-electron chi connectivity index (χ3n) is 2.07. The van der Waals surface area contributed by atoms with Crippen LogP contribution < -0.4 is 5.32 Å². The van der Waals surface area contributed by atoms with Crippen LogP contribution in [0.25, 0.3) is 5.69 Å². The standard InChI is InChI=1S/C10H10BrFN4/c1-13-5-7-6-16(15-14-7)8-2-3-10(12)9(11)4-8/h2-4,6,13H,5H2,1H3. The molecule has 0 spiro atoms. The van der Waals surface area contributed by atoms with Crippen molar-refractivity contribution in [1.29, 1.82) is 0 Å². The van der Waals surface area contributed by atoms with Crippen LogP contribution in [0.2, 0.25) is 0 Å². The van der Waals surface area contributed by atoms with Crippen molar-refractivity contribution in [2.45, 2.75) is 6.54 Å². The van der Waals surface area contributed by atoms with Gasteiger partial charge in [0.1, 0.15) is 5.82 Å². The van der Waals surface area contributed by atoms with E-state index >= 15 is 0 Å². The molecule has 0 saturated heterocycles. The van der Waals surface area contributed by atoms with Crippen LogP contribution >= 0.6 is 15.9 Å².